The van der Waals surface area contributed by atoms with Gasteiger partial charge >= 0.3 is 0 Å². The zero-order valence-corrected chi connectivity index (χ0v) is 24.4. The van der Waals surface area contributed by atoms with Gasteiger partial charge < -0.3 is 30.3 Å². The van der Waals surface area contributed by atoms with Crippen molar-refractivity contribution < 1.29 is 17.9 Å². The number of rotatable bonds is 13. The summed E-state index contributed by atoms with van der Waals surface area (Å²) in [5.41, 5.74) is 2.21. The van der Waals surface area contributed by atoms with Crippen LogP contribution in [0.15, 0.2) is 53.7 Å². The predicted molar refractivity (Wildman–Crippen MR) is 158 cm³/mol. The number of para-hydroxylation sites is 1. The first-order valence-electron chi connectivity index (χ1n) is 13.5. The number of ether oxygens (including phenoxy) is 2. The van der Waals surface area contributed by atoms with Crippen LogP contribution in [0.5, 0.6) is 5.75 Å². The summed E-state index contributed by atoms with van der Waals surface area (Å²) in [5.74, 6) is 1.19. The topological polar surface area (TPSA) is 131 Å². The van der Waals surface area contributed by atoms with E-state index < -0.39 is 15.1 Å². The fraction of sp³-hybridized carbons (Fsp3) is 0.464. The maximum atomic E-state index is 12.8. The molecule has 12 heteroatoms. The van der Waals surface area contributed by atoms with E-state index in [4.69, 9.17) is 9.47 Å². The molecule has 0 atom stereocenters. The smallest absolute Gasteiger partial charge is 0.232 e. The molecule has 40 heavy (non-hydrogen) atoms. The number of nitrogens with one attached hydrogen (secondary N) is 3. The molecule has 216 valence electrons. The molecule has 1 aliphatic heterocycles. The molecule has 1 fully saturated rings. The first kappa shape index (κ1) is 29.5. The van der Waals surface area contributed by atoms with Crippen molar-refractivity contribution >= 4 is 38.8 Å². The summed E-state index contributed by atoms with van der Waals surface area (Å²) in [4.78, 5) is 15.4. The van der Waals surface area contributed by atoms with Gasteiger partial charge in [-0.3, -0.25) is 0 Å². The monoisotopic (exact) mass is 569 g/mol. The summed E-state index contributed by atoms with van der Waals surface area (Å²) in [6, 6.07) is 13.3. The number of piperidine rings is 1. The highest BCUT2D eigenvalue weighted by molar-refractivity contribution is 7.92. The van der Waals surface area contributed by atoms with E-state index in [2.05, 4.69) is 41.9 Å². The number of benzene rings is 2. The Balaban J connectivity index is 1.42. The largest absolute Gasteiger partial charge is 0.494 e. The van der Waals surface area contributed by atoms with E-state index in [-0.39, 0.29) is 10.8 Å². The van der Waals surface area contributed by atoms with Crippen molar-refractivity contribution in [1.29, 1.82) is 0 Å². The van der Waals surface area contributed by atoms with Crippen LogP contribution >= 0.6 is 0 Å². The third kappa shape index (κ3) is 7.38. The third-order valence-corrected chi connectivity index (χ3v) is 9.09. The quantitative estimate of drug-likeness (QED) is 0.257. The minimum Gasteiger partial charge on any atom is -0.494 e. The van der Waals surface area contributed by atoms with E-state index in [1.54, 1.807) is 52.3 Å². The zero-order chi connectivity index (χ0) is 28.5. The highest BCUT2D eigenvalue weighted by Crippen LogP contribution is 2.33. The molecule has 0 bridgehead atoms. The molecule has 0 amide bonds. The highest BCUT2D eigenvalue weighted by atomic mass is 32.2. The molecule has 1 aliphatic rings. The SMILES string of the molecule is COCCCNC1CCN(c2ccc(Nc3ncnc(Nc4ccccc4S(=O)(=O)C(C)C)n3)c(OC)c2)CC1. The van der Waals surface area contributed by atoms with Crippen molar-refractivity contribution in [3.63, 3.8) is 0 Å². The average Bonchev–Trinajstić information content (AvgIpc) is 2.96. The van der Waals surface area contributed by atoms with Crippen LogP contribution in [0.3, 0.4) is 0 Å². The normalized spacial score (nSPS) is 14.4. The van der Waals surface area contributed by atoms with Gasteiger partial charge in [0.05, 0.1) is 28.6 Å². The first-order chi connectivity index (χ1) is 19.3. The molecule has 1 aromatic heterocycles. The van der Waals surface area contributed by atoms with Crippen LogP contribution in [-0.2, 0) is 14.6 Å². The van der Waals surface area contributed by atoms with Crippen molar-refractivity contribution in [2.75, 3.05) is 56.0 Å². The van der Waals surface area contributed by atoms with Gasteiger partial charge in [-0.05, 0) is 63.9 Å². The number of aromatic nitrogens is 3. The lowest BCUT2D eigenvalue weighted by Crippen LogP contribution is -2.43. The summed E-state index contributed by atoms with van der Waals surface area (Å²) < 4.78 is 36.4. The van der Waals surface area contributed by atoms with Crippen molar-refractivity contribution in [3.05, 3.63) is 48.8 Å². The van der Waals surface area contributed by atoms with Crippen LogP contribution in [0.2, 0.25) is 0 Å². The Bertz CT molecular complexity index is 1360. The van der Waals surface area contributed by atoms with Crippen LogP contribution in [0.25, 0.3) is 0 Å². The molecular weight excluding hydrogens is 530 g/mol. The van der Waals surface area contributed by atoms with Gasteiger partial charge in [0.25, 0.3) is 0 Å². The fourth-order valence-electron chi connectivity index (χ4n) is 4.57. The molecule has 2 heterocycles. The lowest BCUT2D eigenvalue weighted by Gasteiger charge is -2.34. The number of nitrogens with zero attached hydrogens (tertiary/aromatic N) is 4. The molecule has 1 saturated heterocycles. The molecule has 11 nitrogen and oxygen atoms in total. The van der Waals surface area contributed by atoms with E-state index in [1.807, 2.05) is 12.1 Å². The number of anilines is 5. The molecule has 0 aliphatic carbocycles. The highest BCUT2D eigenvalue weighted by Gasteiger charge is 2.23. The second kappa shape index (κ2) is 13.7. The number of hydrogen-bond acceptors (Lipinski definition) is 11. The van der Waals surface area contributed by atoms with Gasteiger partial charge in [-0.2, -0.15) is 4.98 Å². The molecule has 3 N–H and O–H groups in total. The van der Waals surface area contributed by atoms with Crippen LogP contribution in [0, 0.1) is 0 Å². The van der Waals surface area contributed by atoms with Crippen LogP contribution in [-0.4, -0.2) is 75.1 Å². The number of hydrogen-bond donors (Lipinski definition) is 3. The summed E-state index contributed by atoms with van der Waals surface area (Å²) in [5, 5.41) is 9.30. The van der Waals surface area contributed by atoms with Crippen LogP contribution in [0.4, 0.5) is 29.0 Å². The maximum absolute atomic E-state index is 12.8. The van der Waals surface area contributed by atoms with Crippen LogP contribution in [0.1, 0.15) is 33.1 Å². The van der Waals surface area contributed by atoms with E-state index in [9.17, 15) is 8.42 Å². The summed E-state index contributed by atoms with van der Waals surface area (Å²) in [6.07, 6.45) is 4.55. The van der Waals surface area contributed by atoms with Gasteiger partial charge in [0.15, 0.2) is 9.84 Å². The molecule has 4 rings (SSSR count). The Hall–Kier alpha value is -3.48. The number of sulfone groups is 1. The Labute approximate surface area is 236 Å². The molecule has 0 saturated carbocycles. The first-order valence-corrected chi connectivity index (χ1v) is 15.1. The Morgan fingerprint density at radius 2 is 1.70 bits per heavy atom. The summed E-state index contributed by atoms with van der Waals surface area (Å²) in [6.45, 7) is 7.00. The van der Waals surface area contributed by atoms with Crippen molar-refractivity contribution in [2.45, 2.75) is 49.3 Å². The average molecular weight is 570 g/mol. The molecule has 2 aromatic carbocycles. The third-order valence-electron chi connectivity index (χ3n) is 6.88. The summed E-state index contributed by atoms with van der Waals surface area (Å²) in [7, 11) is -0.131. The van der Waals surface area contributed by atoms with Gasteiger partial charge in [0, 0.05) is 44.6 Å². The van der Waals surface area contributed by atoms with E-state index in [1.165, 1.54) is 6.33 Å². The Morgan fingerprint density at radius 3 is 2.38 bits per heavy atom. The van der Waals surface area contributed by atoms with Crippen LogP contribution < -0.4 is 25.6 Å². The summed E-state index contributed by atoms with van der Waals surface area (Å²) >= 11 is 0. The molecule has 3 aromatic rings. The minimum atomic E-state index is -3.50. The van der Waals surface area contributed by atoms with Gasteiger partial charge in [-0.15, -0.1) is 0 Å². The molecule has 0 spiro atoms. The molecule has 0 unspecified atom stereocenters. The van der Waals surface area contributed by atoms with Crippen molar-refractivity contribution in [1.82, 2.24) is 20.3 Å². The van der Waals surface area contributed by atoms with Gasteiger partial charge in [0.2, 0.25) is 11.9 Å². The fourth-order valence-corrected chi connectivity index (χ4v) is 5.78. The lowest BCUT2D eigenvalue weighted by atomic mass is 10.0. The Morgan fingerprint density at radius 1 is 1.00 bits per heavy atom. The van der Waals surface area contributed by atoms with Gasteiger partial charge in [-0.25, -0.2) is 18.4 Å². The minimum absolute atomic E-state index is 0.197. The van der Waals surface area contributed by atoms with E-state index in [0.29, 0.717) is 29.1 Å². The van der Waals surface area contributed by atoms with Gasteiger partial charge in [0.1, 0.15) is 12.1 Å². The second-order valence-electron chi connectivity index (χ2n) is 9.92. The number of methoxy groups -OCH3 is 2. The zero-order valence-electron chi connectivity index (χ0n) is 23.6. The maximum Gasteiger partial charge on any atom is 0.232 e. The molecular formula is C28H39N7O4S. The van der Waals surface area contributed by atoms with E-state index in [0.717, 1.165) is 51.2 Å². The van der Waals surface area contributed by atoms with Crippen molar-refractivity contribution in [2.24, 2.45) is 0 Å². The Kier molecular flexibility index (Phi) is 10.1. The van der Waals surface area contributed by atoms with E-state index >= 15 is 0 Å². The molecule has 0 radical (unpaired) electrons. The second-order valence-corrected chi connectivity index (χ2v) is 12.4. The predicted octanol–water partition coefficient (Wildman–Crippen LogP) is 4.14. The standard InChI is InChI=1S/C28H39N7O4S/c1-20(2)40(36,37)26-9-6-5-8-24(26)33-28-31-19-30-27(34-28)32-23-11-10-22(18-25(23)39-4)35-15-12-21(13-16-35)29-14-7-17-38-3/h5-6,8-11,18-21,29H,7,12-17H2,1-4H3,(H2,30,31,32,33,34). The lowest BCUT2D eigenvalue weighted by molar-refractivity contribution is 0.192. The van der Waals surface area contributed by atoms with Gasteiger partial charge in [-0.1, -0.05) is 12.1 Å². The van der Waals surface area contributed by atoms with Crippen molar-refractivity contribution in [3.8, 4) is 5.75 Å².